The molecule has 2 aromatic rings. The maximum atomic E-state index is 3.42. The van der Waals surface area contributed by atoms with Gasteiger partial charge in [0.1, 0.15) is 0 Å². The minimum Gasteiger partial charge on any atom is -0.0622 e. The van der Waals surface area contributed by atoms with E-state index in [0.29, 0.717) is 0 Å². The fourth-order valence-electron chi connectivity index (χ4n) is 1.47. The molecule has 0 atom stereocenters. The second kappa shape index (κ2) is 6.21. The molecule has 0 fully saturated rings. The second-order valence-electron chi connectivity index (χ2n) is 3.68. The fourth-order valence-corrected chi connectivity index (χ4v) is 1.74. The summed E-state index contributed by atoms with van der Waals surface area (Å²) in [6.07, 6.45) is 8.29. The predicted octanol–water partition coefficient (Wildman–Crippen LogP) is 5.18. The van der Waals surface area contributed by atoms with Crippen LogP contribution in [0.4, 0.5) is 0 Å². The van der Waals surface area contributed by atoms with Gasteiger partial charge in [-0.3, -0.25) is 0 Å². The highest BCUT2D eigenvalue weighted by Gasteiger charge is 1.86. The summed E-state index contributed by atoms with van der Waals surface area (Å²) >= 11 is 3.42. The van der Waals surface area contributed by atoms with E-state index >= 15 is 0 Å². The van der Waals surface area contributed by atoms with Gasteiger partial charge in [0.05, 0.1) is 0 Å². The zero-order valence-electron chi connectivity index (χ0n) is 9.38. The number of hydrogen-bond donors (Lipinski definition) is 0. The monoisotopic (exact) mass is 284 g/mol. The molecule has 0 nitrogen and oxygen atoms in total. The van der Waals surface area contributed by atoms with Crippen molar-refractivity contribution in [1.29, 1.82) is 0 Å². The van der Waals surface area contributed by atoms with Crippen LogP contribution in [0, 0.1) is 0 Å². The van der Waals surface area contributed by atoms with Gasteiger partial charge in [0.2, 0.25) is 0 Å². The average molecular weight is 285 g/mol. The molecule has 0 radical (unpaired) electrons. The van der Waals surface area contributed by atoms with Crippen molar-refractivity contribution >= 4 is 28.1 Å². The van der Waals surface area contributed by atoms with E-state index in [1.165, 1.54) is 11.1 Å². The molecule has 0 N–H and O–H groups in total. The number of halogens is 1. The fraction of sp³-hybridized carbons (Fsp3) is 0. The summed E-state index contributed by atoms with van der Waals surface area (Å²) in [6, 6.07) is 18.5. The lowest BCUT2D eigenvalue weighted by Crippen LogP contribution is -1.70. The molecule has 0 aliphatic rings. The van der Waals surface area contributed by atoms with Gasteiger partial charge in [-0.25, -0.2) is 0 Å². The molecule has 0 heterocycles. The van der Waals surface area contributed by atoms with E-state index < -0.39 is 0 Å². The van der Waals surface area contributed by atoms with Crippen LogP contribution in [0.3, 0.4) is 0 Å². The summed E-state index contributed by atoms with van der Waals surface area (Å²) in [5, 5.41) is 0. The highest BCUT2D eigenvalue weighted by molar-refractivity contribution is 9.10. The van der Waals surface area contributed by atoms with Gasteiger partial charge in [-0.15, -0.1) is 0 Å². The van der Waals surface area contributed by atoms with Gasteiger partial charge < -0.3 is 0 Å². The van der Waals surface area contributed by atoms with Crippen LogP contribution in [-0.2, 0) is 0 Å². The SMILES string of the molecule is Brc1ccc(/C=C\C=C/c2ccccc2)cc1. The van der Waals surface area contributed by atoms with Crippen molar-refractivity contribution in [1.82, 2.24) is 0 Å². The molecule has 0 aliphatic heterocycles. The summed E-state index contributed by atoms with van der Waals surface area (Å²) in [5.41, 5.74) is 2.42. The Labute approximate surface area is 110 Å². The lowest BCUT2D eigenvalue weighted by molar-refractivity contribution is 1.61. The molecule has 2 rings (SSSR count). The van der Waals surface area contributed by atoms with Crippen LogP contribution < -0.4 is 0 Å². The second-order valence-corrected chi connectivity index (χ2v) is 4.60. The molecule has 2 aromatic carbocycles. The molecule has 0 bridgehead atoms. The van der Waals surface area contributed by atoms with Crippen LogP contribution in [0.2, 0.25) is 0 Å². The van der Waals surface area contributed by atoms with Crippen LogP contribution in [0.15, 0.2) is 71.2 Å². The van der Waals surface area contributed by atoms with Gasteiger partial charge >= 0.3 is 0 Å². The van der Waals surface area contributed by atoms with Gasteiger partial charge in [0, 0.05) is 4.47 Å². The van der Waals surface area contributed by atoms with Crippen molar-refractivity contribution in [2.75, 3.05) is 0 Å². The van der Waals surface area contributed by atoms with Gasteiger partial charge in [-0.2, -0.15) is 0 Å². The van der Waals surface area contributed by atoms with Crippen LogP contribution in [0.1, 0.15) is 11.1 Å². The van der Waals surface area contributed by atoms with Crippen molar-refractivity contribution in [3.63, 3.8) is 0 Å². The predicted molar refractivity (Wildman–Crippen MR) is 78.7 cm³/mol. The van der Waals surface area contributed by atoms with Crippen LogP contribution in [-0.4, -0.2) is 0 Å². The third-order valence-corrected chi connectivity index (χ3v) is 2.89. The smallest absolute Gasteiger partial charge is 0.0175 e. The van der Waals surface area contributed by atoms with Crippen molar-refractivity contribution in [2.45, 2.75) is 0 Å². The zero-order chi connectivity index (χ0) is 11.9. The molecule has 0 spiro atoms. The largest absolute Gasteiger partial charge is 0.0622 e. The molecule has 17 heavy (non-hydrogen) atoms. The molecule has 0 saturated heterocycles. The molecule has 0 unspecified atom stereocenters. The highest BCUT2D eigenvalue weighted by atomic mass is 79.9. The molecular weight excluding hydrogens is 272 g/mol. The van der Waals surface area contributed by atoms with E-state index in [-0.39, 0.29) is 0 Å². The summed E-state index contributed by atoms with van der Waals surface area (Å²) < 4.78 is 1.11. The van der Waals surface area contributed by atoms with Gasteiger partial charge in [-0.05, 0) is 23.3 Å². The minimum absolute atomic E-state index is 1.11. The van der Waals surface area contributed by atoms with E-state index in [2.05, 4.69) is 64.5 Å². The Morgan fingerprint density at radius 1 is 0.647 bits per heavy atom. The molecular formula is C16H13Br. The molecule has 1 heteroatoms. The van der Waals surface area contributed by atoms with E-state index in [9.17, 15) is 0 Å². The summed E-state index contributed by atoms with van der Waals surface area (Å²) in [6.45, 7) is 0. The summed E-state index contributed by atoms with van der Waals surface area (Å²) in [7, 11) is 0. The number of allylic oxidation sites excluding steroid dienone is 2. The standard InChI is InChI=1S/C16H13Br/c17-16-12-10-15(11-13-16)9-5-4-8-14-6-2-1-3-7-14/h1-13H/b8-4-,9-5-. The first-order chi connectivity index (χ1) is 8.34. The van der Waals surface area contributed by atoms with Crippen molar-refractivity contribution < 1.29 is 0 Å². The van der Waals surface area contributed by atoms with Crippen LogP contribution >= 0.6 is 15.9 Å². The Morgan fingerprint density at radius 3 is 1.76 bits per heavy atom. The van der Waals surface area contributed by atoms with Crippen LogP contribution in [0.5, 0.6) is 0 Å². The number of rotatable bonds is 3. The number of hydrogen-bond acceptors (Lipinski definition) is 0. The molecule has 0 aliphatic carbocycles. The Hall–Kier alpha value is -1.60. The van der Waals surface area contributed by atoms with Crippen molar-refractivity contribution in [3.05, 3.63) is 82.3 Å². The van der Waals surface area contributed by atoms with E-state index in [1.807, 2.05) is 30.3 Å². The maximum absolute atomic E-state index is 3.42. The van der Waals surface area contributed by atoms with Crippen molar-refractivity contribution in [3.8, 4) is 0 Å². The first-order valence-electron chi connectivity index (χ1n) is 5.50. The van der Waals surface area contributed by atoms with Crippen molar-refractivity contribution in [2.24, 2.45) is 0 Å². The third-order valence-electron chi connectivity index (χ3n) is 2.36. The lowest BCUT2D eigenvalue weighted by atomic mass is 10.2. The number of benzene rings is 2. The first-order valence-corrected chi connectivity index (χ1v) is 6.29. The third kappa shape index (κ3) is 4.04. The summed E-state index contributed by atoms with van der Waals surface area (Å²) in [5.74, 6) is 0. The van der Waals surface area contributed by atoms with Crippen LogP contribution in [0.25, 0.3) is 12.2 Å². The van der Waals surface area contributed by atoms with Gasteiger partial charge in [0.25, 0.3) is 0 Å². The molecule has 0 aromatic heterocycles. The minimum atomic E-state index is 1.11. The normalized spacial score (nSPS) is 11.4. The Kier molecular flexibility index (Phi) is 4.34. The topological polar surface area (TPSA) is 0 Å². The van der Waals surface area contributed by atoms with Gasteiger partial charge in [0.15, 0.2) is 0 Å². The Balaban J connectivity index is 1.98. The lowest BCUT2D eigenvalue weighted by Gasteiger charge is -1.92. The molecule has 84 valence electrons. The Morgan fingerprint density at radius 2 is 1.18 bits per heavy atom. The molecule has 0 saturated carbocycles. The first kappa shape index (κ1) is 11.9. The Bertz CT molecular complexity index is 507. The molecule has 0 amide bonds. The van der Waals surface area contributed by atoms with E-state index in [1.54, 1.807) is 0 Å². The van der Waals surface area contributed by atoms with E-state index in [0.717, 1.165) is 4.47 Å². The van der Waals surface area contributed by atoms with Gasteiger partial charge in [-0.1, -0.05) is 82.7 Å². The zero-order valence-corrected chi connectivity index (χ0v) is 11.0. The summed E-state index contributed by atoms with van der Waals surface area (Å²) in [4.78, 5) is 0. The average Bonchev–Trinajstić information content (AvgIpc) is 2.38. The maximum Gasteiger partial charge on any atom is 0.0175 e. The quantitative estimate of drug-likeness (QED) is 0.682. The highest BCUT2D eigenvalue weighted by Crippen LogP contribution is 2.11. The van der Waals surface area contributed by atoms with E-state index in [4.69, 9.17) is 0 Å².